The number of aliphatic carboxylic acids is 1. The molecule has 0 aliphatic rings. The van der Waals surface area contributed by atoms with Gasteiger partial charge in [-0.3, -0.25) is 13.8 Å². The molecule has 5 nitrogen and oxygen atoms in total. The van der Waals surface area contributed by atoms with Crippen molar-refractivity contribution < 1.29 is 18.9 Å². The smallest absolute Gasteiger partial charge is 0.303 e. The molecule has 22 heavy (non-hydrogen) atoms. The fourth-order valence-corrected chi connectivity index (χ4v) is 3.05. The van der Waals surface area contributed by atoms with Crippen LogP contribution in [0.3, 0.4) is 0 Å². The van der Waals surface area contributed by atoms with Crippen molar-refractivity contribution in [1.29, 1.82) is 0 Å². The van der Waals surface area contributed by atoms with E-state index in [0.717, 1.165) is 11.1 Å². The maximum Gasteiger partial charge on any atom is 0.303 e. The van der Waals surface area contributed by atoms with Crippen LogP contribution < -0.4 is 5.32 Å². The molecule has 122 valence electrons. The van der Waals surface area contributed by atoms with Crippen molar-refractivity contribution in [2.24, 2.45) is 5.41 Å². The number of hydrogen-bond acceptors (Lipinski definition) is 3. The highest BCUT2D eigenvalue weighted by atomic mass is 32.2. The normalized spacial score (nSPS) is 12.7. The second-order valence-electron chi connectivity index (χ2n) is 6.27. The van der Waals surface area contributed by atoms with E-state index in [1.54, 1.807) is 26.2 Å². The van der Waals surface area contributed by atoms with E-state index in [0.29, 0.717) is 11.4 Å². The van der Waals surface area contributed by atoms with Crippen LogP contribution in [-0.4, -0.2) is 27.4 Å². The van der Waals surface area contributed by atoms with E-state index in [2.05, 4.69) is 5.32 Å². The van der Waals surface area contributed by atoms with Gasteiger partial charge in [0.2, 0.25) is 5.91 Å². The van der Waals surface area contributed by atoms with Gasteiger partial charge in [-0.15, -0.1) is 0 Å². The number of carboxylic acid groups (broad SMARTS) is 1. The van der Waals surface area contributed by atoms with Gasteiger partial charge in [0.1, 0.15) is 0 Å². The Morgan fingerprint density at radius 2 is 1.91 bits per heavy atom. The zero-order valence-corrected chi connectivity index (χ0v) is 14.3. The summed E-state index contributed by atoms with van der Waals surface area (Å²) in [4.78, 5) is 22.9. The Hall–Kier alpha value is -1.69. The minimum atomic E-state index is -0.948. The second-order valence-corrected chi connectivity index (χ2v) is 7.70. The zero-order valence-electron chi connectivity index (χ0n) is 13.4. The highest BCUT2D eigenvalue weighted by Crippen LogP contribution is 2.26. The highest BCUT2D eigenvalue weighted by Gasteiger charge is 2.25. The van der Waals surface area contributed by atoms with Gasteiger partial charge in [-0.25, -0.2) is 0 Å². The van der Waals surface area contributed by atoms with Gasteiger partial charge in [-0.05, 0) is 29.5 Å². The maximum absolute atomic E-state index is 12.1. The third-order valence-electron chi connectivity index (χ3n) is 3.35. The van der Waals surface area contributed by atoms with Gasteiger partial charge in [-0.2, -0.15) is 0 Å². The van der Waals surface area contributed by atoms with Gasteiger partial charge in [-0.1, -0.05) is 26.0 Å². The number of hydrogen-bond donors (Lipinski definition) is 2. The molecule has 0 radical (unpaired) electrons. The van der Waals surface area contributed by atoms with Crippen LogP contribution in [0.2, 0.25) is 0 Å². The van der Waals surface area contributed by atoms with Crippen LogP contribution in [0.15, 0.2) is 18.2 Å². The third kappa shape index (κ3) is 5.97. The molecular formula is C16H23NO4S. The van der Waals surface area contributed by atoms with Crippen molar-refractivity contribution in [2.45, 2.75) is 39.4 Å². The van der Waals surface area contributed by atoms with E-state index >= 15 is 0 Å². The number of carbonyl (C=O) groups excluding carboxylic acids is 1. The molecule has 0 spiro atoms. The molecule has 0 aliphatic heterocycles. The average Bonchev–Trinajstić information content (AvgIpc) is 2.31. The fraction of sp³-hybridized carbons (Fsp3) is 0.500. The molecule has 1 amide bonds. The first kappa shape index (κ1) is 18.4. The van der Waals surface area contributed by atoms with Crippen LogP contribution in [0.25, 0.3) is 0 Å². The van der Waals surface area contributed by atoms with Crippen molar-refractivity contribution in [2.75, 3.05) is 11.6 Å². The Balaban J connectivity index is 2.80. The molecule has 6 heteroatoms. The molecule has 0 fully saturated rings. The Labute approximate surface area is 133 Å². The maximum atomic E-state index is 12.1. The molecule has 1 aromatic carbocycles. The minimum absolute atomic E-state index is 0.0613. The highest BCUT2D eigenvalue weighted by molar-refractivity contribution is 7.83. The quantitative estimate of drug-likeness (QED) is 0.807. The van der Waals surface area contributed by atoms with Gasteiger partial charge in [0, 0.05) is 34.9 Å². The summed E-state index contributed by atoms with van der Waals surface area (Å²) in [7, 11) is -0.948. The average molecular weight is 325 g/mol. The van der Waals surface area contributed by atoms with Gasteiger partial charge in [0.25, 0.3) is 0 Å². The minimum Gasteiger partial charge on any atom is -0.481 e. The van der Waals surface area contributed by atoms with E-state index in [4.69, 9.17) is 5.11 Å². The molecule has 2 N–H and O–H groups in total. The van der Waals surface area contributed by atoms with Crippen LogP contribution in [-0.2, 0) is 26.1 Å². The number of nitrogens with one attached hydrogen (secondary N) is 1. The zero-order chi connectivity index (χ0) is 16.9. The Morgan fingerprint density at radius 3 is 2.45 bits per heavy atom. The lowest BCUT2D eigenvalue weighted by Crippen LogP contribution is -2.25. The lowest BCUT2D eigenvalue weighted by atomic mass is 9.85. The predicted octanol–water partition coefficient (Wildman–Crippen LogP) is 2.70. The number of rotatable bonds is 7. The molecule has 1 unspecified atom stereocenters. The van der Waals surface area contributed by atoms with Crippen LogP contribution in [0.4, 0.5) is 5.69 Å². The van der Waals surface area contributed by atoms with Crippen LogP contribution >= 0.6 is 0 Å². The van der Waals surface area contributed by atoms with Crippen molar-refractivity contribution in [1.82, 2.24) is 0 Å². The number of amides is 1. The Kier molecular flexibility index (Phi) is 6.29. The first-order chi connectivity index (χ1) is 10.1. The van der Waals surface area contributed by atoms with Gasteiger partial charge in [0.05, 0.1) is 6.42 Å². The van der Waals surface area contributed by atoms with E-state index < -0.39 is 22.2 Å². The van der Waals surface area contributed by atoms with Crippen LogP contribution in [0, 0.1) is 12.3 Å². The summed E-state index contributed by atoms with van der Waals surface area (Å²) in [5, 5.41) is 11.7. The fourth-order valence-electron chi connectivity index (χ4n) is 2.30. The third-order valence-corrected chi connectivity index (χ3v) is 4.07. The molecule has 1 aromatic rings. The van der Waals surface area contributed by atoms with Crippen LogP contribution in [0.5, 0.6) is 0 Å². The summed E-state index contributed by atoms with van der Waals surface area (Å²) in [6.07, 6.45) is 1.70. The van der Waals surface area contributed by atoms with E-state index in [9.17, 15) is 13.8 Å². The molecule has 0 aromatic heterocycles. The number of anilines is 1. The van der Waals surface area contributed by atoms with Crippen molar-refractivity contribution >= 4 is 28.4 Å². The Bertz CT molecular complexity index is 596. The van der Waals surface area contributed by atoms with E-state index in [1.807, 2.05) is 19.1 Å². The molecule has 1 atom stereocenters. The molecule has 1 rings (SSSR count). The summed E-state index contributed by atoms with van der Waals surface area (Å²) in [6, 6.07) is 5.49. The predicted molar refractivity (Wildman–Crippen MR) is 88.2 cm³/mol. The molecule has 0 heterocycles. The number of benzene rings is 1. The molecule has 0 saturated carbocycles. The largest absolute Gasteiger partial charge is 0.481 e. The number of carboxylic acids is 1. The van der Waals surface area contributed by atoms with Gasteiger partial charge in [0.15, 0.2) is 0 Å². The molecule has 0 bridgehead atoms. The van der Waals surface area contributed by atoms with Crippen molar-refractivity contribution in [3.8, 4) is 0 Å². The first-order valence-electron chi connectivity index (χ1n) is 7.01. The summed E-state index contributed by atoms with van der Waals surface area (Å²) in [5.74, 6) is -0.689. The van der Waals surface area contributed by atoms with Crippen LogP contribution in [0.1, 0.15) is 37.8 Å². The van der Waals surface area contributed by atoms with E-state index in [1.165, 1.54) is 0 Å². The van der Waals surface area contributed by atoms with Gasteiger partial charge < -0.3 is 10.4 Å². The summed E-state index contributed by atoms with van der Waals surface area (Å²) >= 11 is 0. The van der Waals surface area contributed by atoms with Crippen molar-refractivity contribution in [3.05, 3.63) is 29.3 Å². The number of carbonyl (C=O) groups is 2. The van der Waals surface area contributed by atoms with E-state index in [-0.39, 0.29) is 18.7 Å². The lowest BCUT2D eigenvalue weighted by Gasteiger charge is -2.22. The lowest BCUT2D eigenvalue weighted by molar-refractivity contribution is -0.139. The Morgan fingerprint density at radius 1 is 1.27 bits per heavy atom. The van der Waals surface area contributed by atoms with Gasteiger partial charge >= 0.3 is 5.97 Å². The SMILES string of the molecule is Cc1c(CS(C)=O)cccc1NC(=O)CC(C)(C)CC(=O)O. The summed E-state index contributed by atoms with van der Waals surface area (Å²) < 4.78 is 11.4. The monoisotopic (exact) mass is 325 g/mol. The molecule has 0 saturated heterocycles. The standard InChI is InChI=1S/C16H23NO4S/c1-11-12(10-22(4)21)6-5-7-13(11)17-14(18)8-16(2,3)9-15(19)20/h5-7H,8-10H2,1-4H3,(H,17,18)(H,19,20). The molecule has 0 aliphatic carbocycles. The topological polar surface area (TPSA) is 83.5 Å². The molecular weight excluding hydrogens is 302 g/mol. The summed E-state index contributed by atoms with van der Waals surface area (Å²) in [5.41, 5.74) is 1.90. The second kappa shape index (κ2) is 7.54. The first-order valence-corrected chi connectivity index (χ1v) is 8.73. The summed E-state index contributed by atoms with van der Waals surface area (Å²) in [6.45, 7) is 5.38. The van der Waals surface area contributed by atoms with Crippen molar-refractivity contribution in [3.63, 3.8) is 0 Å².